The number of nitrogens with zero attached hydrogens (tertiary/aromatic N) is 1. The summed E-state index contributed by atoms with van der Waals surface area (Å²) >= 11 is 12.0. The fourth-order valence-corrected chi connectivity index (χ4v) is 2.66. The molecule has 0 N–H and O–H groups in total. The van der Waals surface area contributed by atoms with Crippen LogP contribution in [0.2, 0.25) is 10.0 Å². The summed E-state index contributed by atoms with van der Waals surface area (Å²) < 4.78 is 10.3. The minimum Gasteiger partial charge on any atom is -0.497 e. The van der Waals surface area contributed by atoms with E-state index in [1.165, 1.54) is 0 Å². The van der Waals surface area contributed by atoms with Crippen molar-refractivity contribution in [2.45, 2.75) is 0 Å². The highest BCUT2D eigenvalue weighted by molar-refractivity contribution is 6.35. The Kier molecular flexibility index (Phi) is 5.22. The van der Waals surface area contributed by atoms with E-state index in [9.17, 15) is 4.79 Å². The van der Waals surface area contributed by atoms with E-state index >= 15 is 0 Å². The van der Waals surface area contributed by atoms with Gasteiger partial charge in [-0.05, 0) is 47.5 Å². The molecule has 0 aromatic heterocycles. The van der Waals surface area contributed by atoms with Gasteiger partial charge in [-0.3, -0.25) is 0 Å². The zero-order valence-electron chi connectivity index (χ0n) is 13.2. The SMILES string of the molecule is COc1cccc(/C=C2N=C(/C=C/c3ccc(Cl)cc3Cl)OC\2=O)c1. The van der Waals surface area contributed by atoms with E-state index in [4.69, 9.17) is 32.7 Å². The molecule has 126 valence electrons. The lowest BCUT2D eigenvalue weighted by Crippen LogP contribution is -2.01. The molecule has 0 fully saturated rings. The summed E-state index contributed by atoms with van der Waals surface area (Å²) in [5.74, 6) is 0.386. The van der Waals surface area contributed by atoms with Gasteiger partial charge in [0.2, 0.25) is 5.90 Å². The number of cyclic esters (lactones) is 1. The Hall–Kier alpha value is -2.56. The molecule has 25 heavy (non-hydrogen) atoms. The maximum atomic E-state index is 12.0. The number of hydrogen-bond donors (Lipinski definition) is 0. The molecule has 2 aromatic rings. The number of halogens is 2. The van der Waals surface area contributed by atoms with E-state index in [-0.39, 0.29) is 11.6 Å². The standard InChI is InChI=1S/C19H13Cl2NO3/c1-24-15-4-2-3-12(9-15)10-17-19(23)25-18(22-17)8-6-13-5-7-14(20)11-16(13)21/h2-11H,1H3/b8-6+,17-10-. The molecular weight excluding hydrogens is 361 g/mol. The van der Waals surface area contributed by atoms with Gasteiger partial charge in [0, 0.05) is 16.1 Å². The number of carbonyl (C=O) groups is 1. The van der Waals surface area contributed by atoms with Crippen molar-refractivity contribution in [3.05, 3.63) is 75.4 Å². The van der Waals surface area contributed by atoms with Crippen LogP contribution in [-0.4, -0.2) is 19.0 Å². The Morgan fingerprint density at radius 2 is 1.96 bits per heavy atom. The largest absolute Gasteiger partial charge is 0.497 e. The quantitative estimate of drug-likeness (QED) is 0.558. The third kappa shape index (κ3) is 4.29. The lowest BCUT2D eigenvalue weighted by Gasteiger charge is -2.00. The van der Waals surface area contributed by atoms with Gasteiger partial charge in [0.05, 0.1) is 7.11 Å². The van der Waals surface area contributed by atoms with Crippen LogP contribution in [0.15, 0.2) is 59.2 Å². The molecular formula is C19H13Cl2NO3. The fraction of sp³-hybridized carbons (Fsp3) is 0.0526. The summed E-state index contributed by atoms with van der Waals surface area (Å²) in [6.07, 6.45) is 4.93. The predicted octanol–water partition coefficient (Wildman–Crippen LogP) is 5.01. The molecule has 1 aliphatic heterocycles. The molecule has 0 unspecified atom stereocenters. The minimum atomic E-state index is -0.510. The van der Waals surface area contributed by atoms with Crippen LogP contribution in [0.4, 0.5) is 0 Å². The Morgan fingerprint density at radius 3 is 2.72 bits per heavy atom. The first-order valence-corrected chi connectivity index (χ1v) is 8.10. The van der Waals surface area contributed by atoms with Crippen LogP contribution in [0.25, 0.3) is 12.2 Å². The summed E-state index contributed by atoms with van der Waals surface area (Å²) in [7, 11) is 1.58. The first-order chi connectivity index (χ1) is 12.0. The molecule has 2 aromatic carbocycles. The zero-order valence-corrected chi connectivity index (χ0v) is 14.7. The van der Waals surface area contributed by atoms with E-state index in [0.29, 0.717) is 15.8 Å². The molecule has 0 saturated carbocycles. The van der Waals surface area contributed by atoms with Gasteiger partial charge >= 0.3 is 5.97 Å². The molecule has 0 spiro atoms. The molecule has 0 radical (unpaired) electrons. The number of ether oxygens (including phenoxy) is 2. The summed E-state index contributed by atoms with van der Waals surface area (Å²) in [5, 5.41) is 1.05. The van der Waals surface area contributed by atoms with Crippen molar-refractivity contribution in [1.29, 1.82) is 0 Å². The summed E-state index contributed by atoms with van der Waals surface area (Å²) in [4.78, 5) is 16.1. The highest BCUT2D eigenvalue weighted by atomic mass is 35.5. The Bertz CT molecular complexity index is 917. The normalized spacial score (nSPS) is 15.6. The molecule has 1 aliphatic rings. The van der Waals surface area contributed by atoms with Crippen LogP contribution in [0, 0.1) is 0 Å². The number of methoxy groups -OCH3 is 1. The van der Waals surface area contributed by atoms with Crippen LogP contribution >= 0.6 is 23.2 Å². The molecule has 1 heterocycles. The van der Waals surface area contributed by atoms with Gasteiger partial charge < -0.3 is 9.47 Å². The topological polar surface area (TPSA) is 47.9 Å². The average Bonchev–Trinajstić information content (AvgIpc) is 2.94. The first-order valence-electron chi connectivity index (χ1n) is 7.35. The molecule has 0 amide bonds. The Labute approximate surface area is 155 Å². The number of esters is 1. The number of aliphatic imine (C=N–C) groups is 1. The van der Waals surface area contributed by atoms with Crippen molar-refractivity contribution < 1.29 is 14.3 Å². The summed E-state index contributed by atoms with van der Waals surface area (Å²) in [6.45, 7) is 0. The Balaban J connectivity index is 1.82. The Morgan fingerprint density at radius 1 is 1.12 bits per heavy atom. The van der Waals surface area contributed by atoms with Gasteiger partial charge in [-0.1, -0.05) is 41.4 Å². The lowest BCUT2D eigenvalue weighted by atomic mass is 10.2. The number of rotatable bonds is 4. The fourth-order valence-electron chi connectivity index (χ4n) is 2.18. The van der Waals surface area contributed by atoms with Crippen LogP contribution in [0.3, 0.4) is 0 Å². The second-order valence-corrected chi connectivity index (χ2v) is 5.99. The van der Waals surface area contributed by atoms with E-state index in [2.05, 4.69) is 4.99 Å². The highest BCUT2D eigenvalue weighted by Crippen LogP contribution is 2.23. The number of carbonyl (C=O) groups excluding carboxylic acids is 1. The highest BCUT2D eigenvalue weighted by Gasteiger charge is 2.21. The van der Waals surface area contributed by atoms with E-state index in [0.717, 1.165) is 11.1 Å². The predicted molar refractivity (Wildman–Crippen MR) is 100.0 cm³/mol. The van der Waals surface area contributed by atoms with Crippen molar-refractivity contribution in [1.82, 2.24) is 0 Å². The summed E-state index contributed by atoms with van der Waals surface area (Å²) in [5.41, 5.74) is 1.76. The third-order valence-corrected chi connectivity index (χ3v) is 3.96. The van der Waals surface area contributed by atoms with Gasteiger partial charge in [-0.15, -0.1) is 0 Å². The van der Waals surface area contributed by atoms with Gasteiger partial charge in [0.15, 0.2) is 5.70 Å². The molecule has 0 atom stereocenters. The second-order valence-electron chi connectivity index (χ2n) is 5.14. The smallest absolute Gasteiger partial charge is 0.363 e. The first kappa shape index (κ1) is 17.3. The van der Waals surface area contributed by atoms with Crippen LogP contribution < -0.4 is 4.74 Å². The maximum Gasteiger partial charge on any atom is 0.363 e. The minimum absolute atomic E-state index is 0.199. The van der Waals surface area contributed by atoms with E-state index < -0.39 is 5.97 Å². The van der Waals surface area contributed by atoms with Crippen molar-refractivity contribution in [3.8, 4) is 5.75 Å². The van der Waals surface area contributed by atoms with Gasteiger partial charge in [0.1, 0.15) is 5.75 Å². The van der Waals surface area contributed by atoms with Crippen LogP contribution in [0.5, 0.6) is 5.75 Å². The van der Waals surface area contributed by atoms with Crippen molar-refractivity contribution in [3.63, 3.8) is 0 Å². The number of hydrogen-bond acceptors (Lipinski definition) is 4. The maximum absolute atomic E-state index is 12.0. The van der Waals surface area contributed by atoms with Gasteiger partial charge in [-0.25, -0.2) is 9.79 Å². The van der Waals surface area contributed by atoms with Gasteiger partial charge in [0.25, 0.3) is 0 Å². The van der Waals surface area contributed by atoms with Crippen molar-refractivity contribution in [2.75, 3.05) is 7.11 Å². The molecule has 0 saturated heterocycles. The summed E-state index contributed by atoms with van der Waals surface area (Å²) in [6, 6.07) is 12.4. The molecule has 0 aliphatic carbocycles. The third-order valence-electron chi connectivity index (χ3n) is 3.40. The molecule has 6 heteroatoms. The molecule has 4 nitrogen and oxygen atoms in total. The average molecular weight is 374 g/mol. The van der Waals surface area contributed by atoms with Crippen LogP contribution in [-0.2, 0) is 9.53 Å². The van der Waals surface area contributed by atoms with Crippen molar-refractivity contribution in [2.24, 2.45) is 4.99 Å². The van der Waals surface area contributed by atoms with E-state index in [1.807, 2.05) is 18.2 Å². The monoisotopic (exact) mass is 373 g/mol. The van der Waals surface area contributed by atoms with E-state index in [1.54, 1.807) is 49.6 Å². The van der Waals surface area contributed by atoms with Crippen LogP contribution in [0.1, 0.15) is 11.1 Å². The molecule has 3 rings (SSSR count). The molecule has 0 bridgehead atoms. The lowest BCUT2D eigenvalue weighted by molar-refractivity contribution is -0.129. The van der Waals surface area contributed by atoms with Gasteiger partial charge in [-0.2, -0.15) is 0 Å². The van der Waals surface area contributed by atoms with Crippen molar-refractivity contribution >= 4 is 47.2 Å². The second kappa shape index (κ2) is 7.55. The number of benzene rings is 2. The zero-order chi connectivity index (χ0) is 17.8.